The minimum absolute atomic E-state index is 0.158. The number of halogens is 3. The number of cyclic esters (lactones) is 1. The Morgan fingerprint density at radius 2 is 1.73 bits per heavy atom. The molecule has 0 N–H and O–H groups in total. The molecule has 4 nitrogen and oxygen atoms in total. The van der Waals surface area contributed by atoms with Crippen LogP contribution in [0.5, 0.6) is 5.75 Å². The van der Waals surface area contributed by atoms with E-state index >= 15 is 0 Å². The Bertz CT molecular complexity index is 1160. The van der Waals surface area contributed by atoms with Crippen LogP contribution in [0.15, 0.2) is 77.4 Å². The fraction of sp³-hybridized carbons (Fsp3) is 0.0435. The molecule has 0 unspecified atom stereocenters. The molecule has 150 valence electrons. The smallest absolute Gasteiger partial charge is 0.363 e. The van der Waals surface area contributed by atoms with Crippen molar-refractivity contribution in [3.8, 4) is 5.75 Å². The van der Waals surface area contributed by atoms with Gasteiger partial charge < -0.3 is 9.47 Å². The van der Waals surface area contributed by atoms with Gasteiger partial charge in [-0.05, 0) is 82.3 Å². The SMILES string of the molecule is O=C1OC(c2ccc(Cl)cc2Cl)=N/C1=C\c1ccc(OCc2ccc(I)cc2)cc1. The number of hydrogen-bond acceptors (Lipinski definition) is 4. The summed E-state index contributed by atoms with van der Waals surface area (Å²) < 4.78 is 12.3. The van der Waals surface area contributed by atoms with Gasteiger partial charge in [0.2, 0.25) is 5.90 Å². The molecule has 1 aliphatic heterocycles. The monoisotopic (exact) mass is 549 g/mol. The van der Waals surface area contributed by atoms with Crippen molar-refractivity contribution in [3.05, 3.63) is 103 Å². The van der Waals surface area contributed by atoms with E-state index in [4.69, 9.17) is 32.7 Å². The van der Waals surface area contributed by atoms with Crippen LogP contribution in [0.2, 0.25) is 10.0 Å². The van der Waals surface area contributed by atoms with Crippen molar-refractivity contribution < 1.29 is 14.3 Å². The van der Waals surface area contributed by atoms with Gasteiger partial charge in [0.05, 0.1) is 10.6 Å². The number of ether oxygens (including phenoxy) is 2. The fourth-order valence-corrected chi connectivity index (χ4v) is 3.60. The van der Waals surface area contributed by atoms with Gasteiger partial charge in [0, 0.05) is 8.59 Å². The molecule has 1 heterocycles. The maximum Gasteiger partial charge on any atom is 0.363 e. The minimum Gasteiger partial charge on any atom is -0.489 e. The maximum atomic E-state index is 12.2. The van der Waals surface area contributed by atoms with Crippen LogP contribution in [-0.2, 0) is 16.1 Å². The summed E-state index contributed by atoms with van der Waals surface area (Å²) in [7, 11) is 0. The zero-order valence-corrected chi connectivity index (χ0v) is 19.1. The molecule has 3 aromatic rings. The quantitative estimate of drug-likeness (QED) is 0.207. The molecule has 0 aromatic heterocycles. The van der Waals surface area contributed by atoms with Crippen molar-refractivity contribution in [3.63, 3.8) is 0 Å². The van der Waals surface area contributed by atoms with Crippen molar-refractivity contribution in [2.24, 2.45) is 4.99 Å². The van der Waals surface area contributed by atoms with Crippen LogP contribution in [0, 0.1) is 3.57 Å². The van der Waals surface area contributed by atoms with E-state index in [1.165, 1.54) is 3.57 Å². The first-order chi connectivity index (χ1) is 14.5. The van der Waals surface area contributed by atoms with Gasteiger partial charge in [0.15, 0.2) is 5.70 Å². The van der Waals surface area contributed by atoms with Gasteiger partial charge in [-0.1, -0.05) is 47.5 Å². The molecular weight excluding hydrogens is 536 g/mol. The molecule has 0 spiro atoms. The Kier molecular flexibility index (Phi) is 6.41. The number of esters is 1. The van der Waals surface area contributed by atoms with Crippen molar-refractivity contribution >= 4 is 63.7 Å². The normalized spacial score (nSPS) is 14.6. The van der Waals surface area contributed by atoms with E-state index in [2.05, 4.69) is 27.6 Å². The van der Waals surface area contributed by atoms with Crippen LogP contribution < -0.4 is 4.74 Å². The summed E-state index contributed by atoms with van der Waals surface area (Å²) in [6.45, 7) is 0.485. The number of hydrogen-bond donors (Lipinski definition) is 0. The lowest BCUT2D eigenvalue weighted by atomic mass is 10.2. The van der Waals surface area contributed by atoms with Crippen LogP contribution in [0.4, 0.5) is 0 Å². The van der Waals surface area contributed by atoms with E-state index in [1.807, 2.05) is 48.5 Å². The van der Waals surface area contributed by atoms with E-state index in [1.54, 1.807) is 24.3 Å². The summed E-state index contributed by atoms with van der Waals surface area (Å²) in [6, 6.07) is 20.5. The molecule has 0 atom stereocenters. The molecule has 3 aromatic carbocycles. The first-order valence-electron chi connectivity index (χ1n) is 8.93. The molecule has 0 radical (unpaired) electrons. The summed E-state index contributed by atoms with van der Waals surface area (Å²) in [4.78, 5) is 16.5. The third kappa shape index (κ3) is 5.03. The Morgan fingerprint density at radius 1 is 1.00 bits per heavy atom. The van der Waals surface area contributed by atoms with E-state index in [-0.39, 0.29) is 11.6 Å². The largest absolute Gasteiger partial charge is 0.489 e. The third-order valence-corrected chi connectivity index (χ3v) is 5.55. The lowest BCUT2D eigenvalue weighted by Crippen LogP contribution is -2.05. The van der Waals surface area contributed by atoms with Crippen LogP contribution >= 0.6 is 45.8 Å². The van der Waals surface area contributed by atoms with E-state index in [0.29, 0.717) is 22.2 Å². The maximum absolute atomic E-state index is 12.2. The standard InChI is InChI=1S/C23H14Cl2INO3/c24-16-5-10-19(20(25)12-16)22-27-21(23(28)30-22)11-14-3-8-18(9-4-14)29-13-15-1-6-17(26)7-2-15/h1-12H,13H2/b21-11-. The van der Waals surface area contributed by atoms with E-state index in [9.17, 15) is 4.79 Å². The molecule has 30 heavy (non-hydrogen) atoms. The van der Waals surface area contributed by atoms with Gasteiger partial charge in [-0.3, -0.25) is 0 Å². The zero-order chi connectivity index (χ0) is 21.1. The fourth-order valence-electron chi connectivity index (χ4n) is 2.75. The summed E-state index contributed by atoms with van der Waals surface area (Å²) in [6.07, 6.45) is 1.65. The number of benzene rings is 3. The van der Waals surface area contributed by atoms with Crippen molar-refractivity contribution in [1.82, 2.24) is 0 Å². The van der Waals surface area contributed by atoms with Crippen LogP contribution in [0.1, 0.15) is 16.7 Å². The van der Waals surface area contributed by atoms with Crippen molar-refractivity contribution in [2.45, 2.75) is 6.61 Å². The highest BCUT2D eigenvalue weighted by molar-refractivity contribution is 14.1. The second-order valence-electron chi connectivity index (χ2n) is 6.44. The summed E-state index contributed by atoms with van der Waals surface area (Å²) in [5, 5.41) is 0.860. The van der Waals surface area contributed by atoms with Gasteiger partial charge in [0.25, 0.3) is 0 Å². The predicted octanol–water partition coefficient (Wildman–Crippen LogP) is 6.52. The third-order valence-electron chi connectivity index (χ3n) is 4.28. The molecule has 1 aliphatic rings. The zero-order valence-electron chi connectivity index (χ0n) is 15.4. The van der Waals surface area contributed by atoms with Crippen molar-refractivity contribution in [1.29, 1.82) is 0 Å². The van der Waals surface area contributed by atoms with Crippen LogP contribution in [-0.4, -0.2) is 11.9 Å². The van der Waals surface area contributed by atoms with E-state index in [0.717, 1.165) is 16.9 Å². The lowest BCUT2D eigenvalue weighted by molar-refractivity contribution is -0.129. The second kappa shape index (κ2) is 9.20. The Balaban J connectivity index is 1.46. The van der Waals surface area contributed by atoms with Crippen molar-refractivity contribution in [2.75, 3.05) is 0 Å². The molecule has 0 saturated heterocycles. The highest BCUT2D eigenvalue weighted by Crippen LogP contribution is 2.26. The topological polar surface area (TPSA) is 47.9 Å². The predicted molar refractivity (Wildman–Crippen MR) is 127 cm³/mol. The molecule has 0 aliphatic carbocycles. The summed E-state index contributed by atoms with van der Waals surface area (Å²) >= 11 is 14.4. The highest BCUT2D eigenvalue weighted by atomic mass is 127. The summed E-state index contributed by atoms with van der Waals surface area (Å²) in [5.74, 6) is 0.363. The van der Waals surface area contributed by atoms with Gasteiger partial charge >= 0.3 is 5.97 Å². The highest BCUT2D eigenvalue weighted by Gasteiger charge is 2.25. The first kappa shape index (κ1) is 20.9. The molecule has 0 fully saturated rings. The molecule has 0 saturated carbocycles. The molecular formula is C23H14Cl2INO3. The number of rotatable bonds is 5. The summed E-state index contributed by atoms with van der Waals surface area (Å²) in [5.41, 5.74) is 2.61. The second-order valence-corrected chi connectivity index (χ2v) is 8.53. The Labute approximate surface area is 197 Å². The van der Waals surface area contributed by atoms with Crippen LogP contribution in [0.3, 0.4) is 0 Å². The van der Waals surface area contributed by atoms with Gasteiger partial charge in [0.1, 0.15) is 12.4 Å². The minimum atomic E-state index is -0.532. The number of aliphatic imine (C=N–C) groups is 1. The first-order valence-corrected chi connectivity index (χ1v) is 10.8. The van der Waals surface area contributed by atoms with E-state index < -0.39 is 5.97 Å². The number of nitrogens with zero attached hydrogens (tertiary/aromatic N) is 1. The van der Waals surface area contributed by atoms with Gasteiger partial charge in [-0.2, -0.15) is 0 Å². The Hall–Kier alpha value is -2.35. The number of carbonyl (C=O) groups is 1. The number of carbonyl (C=O) groups excluding carboxylic acids is 1. The average molecular weight is 550 g/mol. The van der Waals surface area contributed by atoms with Crippen LogP contribution in [0.25, 0.3) is 6.08 Å². The molecule has 7 heteroatoms. The van der Waals surface area contributed by atoms with Gasteiger partial charge in [-0.15, -0.1) is 0 Å². The Morgan fingerprint density at radius 3 is 2.43 bits per heavy atom. The molecule has 4 rings (SSSR count). The lowest BCUT2D eigenvalue weighted by Gasteiger charge is -2.06. The molecule has 0 amide bonds. The molecule has 0 bridgehead atoms. The average Bonchev–Trinajstić information content (AvgIpc) is 3.08. The van der Waals surface area contributed by atoms with Gasteiger partial charge in [-0.25, -0.2) is 9.79 Å².